The van der Waals surface area contributed by atoms with Crippen LogP contribution < -0.4 is 10.6 Å². The average Bonchev–Trinajstić information content (AvgIpc) is 2.65. The smallest absolute Gasteiger partial charge is 0.346 e. The molecule has 0 amide bonds. The summed E-state index contributed by atoms with van der Waals surface area (Å²) in [4.78, 5) is 19.2. The third-order valence-electron chi connectivity index (χ3n) is 2.56. The van der Waals surface area contributed by atoms with E-state index >= 15 is 0 Å². The minimum atomic E-state index is -0.342. The zero-order valence-electron chi connectivity index (χ0n) is 7.81. The van der Waals surface area contributed by atoms with Crippen molar-refractivity contribution < 1.29 is 5.11 Å². The van der Waals surface area contributed by atoms with Gasteiger partial charge in [0.25, 0.3) is 0 Å². The van der Waals surface area contributed by atoms with Crippen LogP contribution in [0.4, 0.5) is 5.82 Å². The summed E-state index contributed by atoms with van der Waals surface area (Å²) >= 11 is 0. The molecule has 0 aromatic carbocycles. The van der Waals surface area contributed by atoms with Crippen LogP contribution in [-0.4, -0.2) is 34.3 Å². The monoisotopic (exact) mass is 195 g/mol. The van der Waals surface area contributed by atoms with Gasteiger partial charge in [0.15, 0.2) is 0 Å². The van der Waals surface area contributed by atoms with Gasteiger partial charge in [-0.2, -0.15) is 0 Å². The van der Waals surface area contributed by atoms with Gasteiger partial charge in [-0.05, 0) is 18.9 Å². The lowest BCUT2D eigenvalue weighted by Gasteiger charge is -2.24. The van der Waals surface area contributed by atoms with Crippen LogP contribution in [0, 0.1) is 0 Å². The second-order valence-corrected chi connectivity index (χ2v) is 3.43. The predicted molar refractivity (Wildman–Crippen MR) is 52.3 cm³/mol. The Hall–Kier alpha value is -1.36. The molecule has 2 rings (SSSR count). The zero-order chi connectivity index (χ0) is 9.97. The third kappa shape index (κ3) is 1.63. The molecule has 76 valence electrons. The van der Waals surface area contributed by atoms with E-state index in [1.807, 2.05) is 4.90 Å². The maximum Gasteiger partial charge on any atom is 0.346 e. The summed E-state index contributed by atoms with van der Waals surface area (Å²) in [6.07, 6.45) is 3.51. The molecule has 5 nitrogen and oxygen atoms in total. The highest BCUT2D eigenvalue weighted by Gasteiger charge is 2.24. The van der Waals surface area contributed by atoms with Gasteiger partial charge in [-0.3, -0.25) is 4.98 Å². The maximum absolute atomic E-state index is 11.0. The molecular formula is C9H13N3O2. The fourth-order valence-electron chi connectivity index (χ4n) is 1.87. The van der Waals surface area contributed by atoms with Crippen molar-refractivity contribution >= 4 is 5.82 Å². The van der Waals surface area contributed by atoms with Crippen molar-refractivity contribution in [2.75, 3.05) is 18.1 Å². The van der Waals surface area contributed by atoms with Crippen molar-refractivity contribution in [3.63, 3.8) is 0 Å². The van der Waals surface area contributed by atoms with Crippen LogP contribution >= 0.6 is 0 Å². The topological polar surface area (TPSA) is 69.2 Å². The Morgan fingerprint density at radius 1 is 1.71 bits per heavy atom. The van der Waals surface area contributed by atoms with Gasteiger partial charge in [0.2, 0.25) is 0 Å². The first-order chi connectivity index (χ1) is 6.81. The molecule has 14 heavy (non-hydrogen) atoms. The van der Waals surface area contributed by atoms with Gasteiger partial charge in [-0.25, -0.2) is 9.78 Å². The number of H-pyrrole nitrogens is 1. The van der Waals surface area contributed by atoms with Crippen LogP contribution in [-0.2, 0) is 0 Å². The summed E-state index contributed by atoms with van der Waals surface area (Å²) in [5, 5.41) is 9.12. The highest BCUT2D eigenvalue weighted by molar-refractivity contribution is 5.39. The van der Waals surface area contributed by atoms with Crippen LogP contribution in [0.5, 0.6) is 0 Å². The van der Waals surface area contributed by atoms with Crippen molar-refractivity contribution in [1.29, 1.82) is 0 Å². The number of aromatic nitrogens is 2. The molecule has 2 N–H and O–H groups in total. The number of nitrogens with zero attached hydrogens (tertiary/aromatic N) is 2. The number of nitrogens with one attached hydrogen (secondary N) is 1. The minimum Gasteiger partial charge on any atom is -0.394 e. The fraction of sp³-hybridized carbons (Fsp3) is 0.556. The molecule has 5 heteroatoms. The van der Waals surface area contributed by atoms with Gasteiger partial charge in [0, 0.05) is 12.7 Å². The van der Waals surface area contributed by atoms with Crippen molar-refractivity contribution in [3.05, 3.63) is 22.7 Å². The summed E-state index contributed by atoms with van der Waals surface area (Å²) in [5.74, 6) is 0.751. The van der Waals surface area contributed by atoms with Crippen molar-refractivity contribution in [2.24, 2.45) is 0 Å². The Bertz CT molecular complexity index is 363. The molecule has 1 aliphatic rings. The summed E-state index contributed by atoms with van der Waals surface area (Å²) < 4.78 is 0. The predicted octanol–water partition coefficient (Wildman–Crippen LogP) is -0.269. The molecule has 1 atom stereocenters. The summed E-state index contributed by atoms with van der Waals surface area (Å²) in [6, 6.07) is 1.89. The zero-order valence-corrected chi connectivity index (χ0v) is 7.81. The standard InChI is InChI=1S/C9H13N3O2/c13-6-7-2-1-5-12(7)8-3-4-10-9(14)11-8/h3-4,7,13H,1-2,5-6H2,(H,10,11,14). The van der Waals surface area contributed by atoms with Gasteiger partial charge < -0.3 is 10.0 Å². The van der Waals surface area contributed by atoms with Crippen molar-refractivity contribution in [1.82, 2.24) is 9.97 Å². The Morgan fingerprint density at radius 3 is 3.29 bits per heavy atom. The van der Waals surface area contributed by atoms with Gasteiger partial charge in [-0.1, -0.05) is 0 Å². The number of hydrogen-bond acceptors (Lipinski definition) is 4. The maximum atomic E-state index is 11.0. The number of aliphatic hydroxyl groups excluding tert-OH is 1. The van der Waals surface area contributed by atoms with E-state index in [1.165, 1.54) is 6.20 Å². The Labute approximate surface area is 81.4 Å². The Morgan fingerprint density at radius 2 is 2.57 bits per heavy atom. The second-order valence-electron chi connectivity index (χ2n) is 3.43. The lowest BCUT2D eigenvalue weighted by Crippen LogP contribution is -2.33. The van der Waals surface area contributed by atoms with Gasteiger partial charge in [0.1, 0.15) is 5.82 Å². The van der Waals surface area contributed by atoms with E-state index in [4.69, 9.17) is 5.11 Å². The van der Waals surface area contributed by atoms with Crippen LogP contribution in [0.2, 0.25) is 0 Å². The third-order valence-corrected chi connectivity index (χ3v) is 2.56. The normalized spacial score (nSPS) is 21.5. The highest BCUT2D eigenvalue weighted by Crippen LogP contribution is 2.21. The average molecular weight is 195 g/mol. The quantitative estimate of drug-likeness (QED) is 0.681. The molecule has 0 saturated carbocycles. The van der Waals surface area contributed by atoms with Crippen LogP contribution in [0.1, 0.15) is 12.8 Å². The molecule has 1 aliphatic heterocycles. The Balaban J connectivity index is 2.26. The molecule has 1 unspecified atom stereocenters. The molecule has 0 radical (unpaired) electrons. The molecule has 0 bridgehead atoms. The lowest BCUT2D eigenvalue weighted by atomic mass is 10.2. The van der Waals surface area contributed by atoms with E-state index in [0.29, 0.717) is 0 Å². The first kappa shape index (κ1) is 9.21. The highest BCUT2D eigenvalue weighted by atomic mass is 16.3. The van der Waals surface area contributed by atoms with E-state index in [9.17, 15) is 4.79 Å². The summed E-state index contributed by atoms with van der Waals surface area (Å²) in [7, 11) is 0. The number of aromatic amines is 1. The van der Waals surface area contributed by atoms with Gasteiger partial charge in [0.05, 0.1) is 12.6 Å². The van der Waals surface area contributed by atoms with Crippen LogP contribution in [0.3, 0.4) is 0 Å². The number of anilines is 1. The second kappa shape index (κ2) is 3.79. The molecule has 1 aromatic heterocycles. The van der Waals surface area contributed by atoms with E-state index < -0.39 is 0 Å². The Kier molecular flexibility index (Phi) is 2.49. The number of hydrogen-bond donors (Lipinski definition) is 2. The first-order valence-electron chi connectivity index (χ1n) is 4.74. The molecule has 2 heterocycles. The summed E-state index contributed by atoms with van der Waals surface area (Å²) in [5.41, 5.74) is -0.342. The molecule has 0 aliphatic carbocycles. The fourth-order valence-corrected chi connectivity index (χ4v) is 1.87. The number of aliphatic hydroxyl groups is 1. The lowest BCUT2D eigenvalue weighted by molar-refractivity contribution is 0.266. The van der Waals surface area contributed by atoms with Crippen molar-refractivity contribution in [2.45, 2.75) is 18.9 Å². The van der Waals surface area contributed by atoms with E-state index in [-0.39, 0.29) is 18.3 Å². The van der Waals surface area contributed by atoms with E-state index in [1.54, 1.807) is 6.07 Å². The van der Waals surface area contributed by atoms with Gasteiger partial charge in [-0.15, -0.1) is 0 Å². The van der Waals surface area contributed by atoms with Gasteiger partial charge >= 0.3 is 5.69 Å². The van der Waals surface area contributed by atoms with E-state index in [2.05, 4.69) is 9.97 Å². The first-order valence-corrected chi connectivity index (χ1v) is 4.74. The molecule has 1 fully saturated rings. The van der Waals surface area contributed by atoms with Crippen molar-refractivity contribution in [3.8, 4) is 0 Å². The molecule has 0 spiro atoms. The molecule has 1 aromatic rings. The van der Waals surface area contributed by atoms with Crippen LogP contribution in [0.25, 0.3) is 0 Å². The summed E-state index contributed by atoms with van der Waals surface area (Å²) in [6.45, 7) is 1.01. The molecule has 1 saturated heterocycles. The minimum absolute atomic E-state index is 0.129. The van der Waals surface area contributed by atoms with E-state index in [0.717, 1.165) is 25.2 Å². The van der Waals surface area contributed by atoms with Crippen LogP contribution in [0.15, 0.2) is 17.1 Å². The molecular weight excluding hydrogens is 182 g/mol. The number of rotatable bonds is 2. The SMILES string of the molecule is O=c1nccc(N2CCCC2CO)[nH]1. The largest absolute Gasteiger partial charge is 0.394 e.